The molecule has 2 rings (SSSR count). The van der Waals surface area contributed by atoms with Crippen LogP contribution in [0.1, 0.15) is 32.2 Å². The lowest BCUT2D eigenvalue weighted by molar-refractivity contribution is 0.416. The first-order valence-corrected chi connectivity index (χ1v) is 6.66. The summed E-state index contributed by atoms with van der Waals surface area (Å²) < 4.78 is 2.89. The van der Waals surface area contributed by atoms with Gasteiger partial charge in [-0.3, -0.25) is 4.79 Å². The molecule has 0 amide bonds. The maximum atomic E-state index is 11.9. The van der Waals surface area contributed by atoms with Crippen LogP contribution < -0.4 is 5.56 Å². The molecule has 1 aromatic rings. The van der Waals surface area contributed by atoms with Crippen LogP contribution in [0.3, 0.4) is 0 Å². The van der Waals surface area contributed by atoms with Gasteiger partial charge >= 0.3 is 0 Å². The summed E-state index contributed by atoms with van der Waals surface area (Å²) in [6.45, 7) is 2.12. The Bertz CT molecular complexity index is 426. The largest absolute Gasteiger partial charge is 0.307 e. The van der Waals surface area contributed by atoms with E-state index in [2.05, 4.69) is 43.8 Å². The van der Waals surface area contributed by atoms with Crippen LogP contribution in [0.4, 0.5) is 0 Å². The van der Waals surface area contributed by atoms with Gasteiger partial charge in [0.15, 0.2) is 4.60 Å². The van der Waals surface area contributed by atoms with Gasteiger partial charge in [-0.1, -0.05) is 6.92 Å². The van der Waals surface area contributed by atoms with Gasteiger partial charge in [0.05, 0.1) is 0 Å². The molecule has 1 aliphatic carbocycles. The minimum Gasteiger partial charge on any atom is -0.307 e. The highest BCUT2D eigenvalue weighted by Gasteiger charge is 2.32. The second kappa shape index (κ2) is 4.37. The number of aromatic nitrogens is 2. The van der Waals surface area contributed by atoms with Crippen LogP contribution in [0.2, 0.25) is 0 Å². The second-order valence-corrected chi connectivity index (χ2v) is 5.44. The third-order valence-corrected chi connectivity index (χ3v) is 3.70. The fourth-order valence-electron chi connectivity index (χ4n) is 1.93. The number of rotatable bonds is 3. The summed E-state index contributed by atoms with van der Waals surface area (Å²) in [5, 5.41) is 0. The Kier molecular flexibility index (Phi) is 3.30. The lowest BCUT2D eigenvalue weighted by Crippen LogP contribution is -2.26. The Balaban J connectivity index is 2.45. The molecule has 0 unspecified atom stereocenters. The topological polar surface area (TPSA) is 34.9 Å². The van der Waals surface area contributed by atoms with Crippen molar-refractivity contribution in [2.45, 2.75) is 32.2 Å². The number of hydrogen-bond acceptors (Lipinski definition) is 2. The molecule has 0 spiro atoms. The molecule has 1 fully saturated rings. The van der Waals surface area contributed by atoms with Crippen LogP contribution in [0, 0.1) is 5.92 Å². The van der Waals surface area contributed by atoms with E-state index in [-0.39, 0.29) is 5.56 Å². The summed E-state index contributed by atoms with van der Waals surface area (Å²) in [4.78, 5) is 15.9. The van der Waals surface area contributed by atoms with Crippen LogP contribution >= 0.6 is 31.9 Å². The Hall–Kier alpha value is -0.160. The second-order valence-electron chi connectivity index (χ2n) is 3.88. The summed E-state index contributed by atoms with van der Waals surface area (Å²) in [6, 6.07) is 0.327. The van der Waals surface area contributed by atoms with E-state index in [1.807, 2.05) is 0 Å². The first kappa shape index (κ1) is 11.3. The molecule has 82 valence electrons. The highest BCUT2D eigenvalue weighted by molar-refractivity contribution is 9.11. The first-order valence-electron chi connectivity index (χ1n) is 5.07. The average molecular weight is 336 g/mol. The Labute approximate surface area is 105 Å². The molecular weight excluding hydrogens is 324 g/mol. The van der Waals surface area contributed by atoms with Gasteiger partial charge in [0.25, 0.3) is 5.56 Å². The van der Waals surface area contributed by atoms with E-state index in [0.29, 0.717) is 21.2 Å². The number of halogens is 2. The first-order chi connectivity index (χ1) is 7.13. The fraction of sp³-hybridized carbons (Fsp3) is 0.600. The molecule has 1 aliphatic rings. The Morgan fingerprint density at radius 1 is 1.60 bits per heavy atom. The summed E-state index contributed by atoms with van der Waals surface area (Å²) in [5.41, 5.74) is -0.0306. The van der Waals surface area contributed by atoms with Crippen molar-refractivity contribution in [2.75, 3.05) is 0 Å². The normalized spacial score (nSPS) is 17.8. The average Bonchev–Trinajstić information content (AvgIpc) is 2.98. The zero-order valence-electron chi connectivity index (χ0n) is 8.41. The molecule has 0 N–H and O–H groups in total. The van der Waals surface area contributed by atoms with Crippen molar-refractivity contribution in [3.8, 4) is 0 Å². The highest BCUT2D eigenvalue weighted by Crippen LogP contribution is 2.41. The van der Waals surface area contributed by atoms with E-state index in [4.69, 9.17) is 0 Å². The summed E-state index contributed by atoms with van der Waals surface area (Å²) >= 11 is 6.50. The van der Waals surface area contributed by atoms with Gasteiger partial charge in [-0.25, -0.2) is 4.98 Å². The molecule has 15 heavy (non-hydrogen) atoms. The van der Waals surface area contributed by atoms with Gasteiger partial charge in [-0.2, -0.15) is 0 Å². The Morgan fingerprint density at radius 3 is 2.80 bits per heavy atom. The lowest BCUT2D eigenvalue weighted by Gasteiger charge is -2.17. The number of hydrogen-bond donors (Lipinski definition) is 0. The minimum atomic E-state index is -0.0306. The minimum absolute atomic E-state index is 0.0306. The van der Waals surface area contributed by atoms with Crippen molar-refractivity contribution in [1.82, 2.24) is 9.55 Å². The van der Waals surface area contributed by atoms with E-state index >= 15 is 0 Å². The van der Waals surface area contributed by atoms with E-state index in [9.17, 15) is 4.79 Å². The van der Waals surface area contributed by atoms with Gasteiger partial charge in [0, 0.05) is 12.2 Å². The van der Waals surface area contributed by atoms with Crippen molar-refractivity contribution in [1.29, 1.82) is 0 Å². The molecule has 3 nitrogen and oxygen atoms in total. The van der Waals surface area contributed by atoms with Gasteiger partial charge < -0.3 is 4.57 Å². The monoisotopic (exact) mass is 334 g/mol. The van der Waals surface area contributed by atoms with Crippen molar-refractivity contribution < 1.29 is 0 Å². The number of nitrogens with zero attached hydrogens (tertiary/aromatic N) is 2. The van der Waals surface area contributed by atoms with E-state index in [1.54, 1.807) is 10.8 Å². The predicted molar refractivity (Wildman–Crippen MR) is 65.9 cm³/mol. The molecule has 0 radical (unpaired) electrons. The maximum absolute atomic E-state index is 11.9. The van der Waals surface area contributed by atoms with E-state index in [0.717, 1.165) is 6.42 Å². The molecule has 0 bridgehead atoms. The van der Waals surface area contributed by atoms with Gasteiger partial charge in [-0.15, -0.1) is 0 Å². The maximum Gasteiger partial charge on any atom is 0.283 e. The van der Waals surface area contributed by atoms with Crippen LogP contribution in [0.25, 0.3) is 0 Å². The molecule has 1 heterocycles. The van der Waals surface area contributed by atoms with E-state index < -0.39 is 0 Å². The van der Waals surface area contributed by atoms with Crippen molar-refractivity contribution >= 4 is 31.9 Å². The Morgan fingerprint density at radius 2 is 2.27 bits per heavy atom. The van der Waals surface area contributed by atoms with Crippen molar-refractivity contribution in [3.63, 3.8) is 0 Å². The van der Waals surface area contributed by atoms with Gasteiger partial charge in [0.1, 0.15) is 4.60 Å². The zero-order chi connectivity index (χ0) is 11.0. The molecule has 0 saturated heterocycles. The lowest BCUT2D eigenvalue weighted by atomic mass is 10.1. The van der Waals surface area contributed by atoms with Crippen molar-refractivity contribution in [2.24, 2.45) is 5.92 Å². The third-order valence-electron chi connectivity index (χ3n) is 2.80. The predicted octanol–water partition coefficient (Wildman–Crippen LogP) is 3.13. The quantitative estimate of drug-likeness (QED) is 0.850. The summed E-state index contributed by atoms with van der Waals surface area (Å²) in [5.74, 6) is 0.675. The van der Waals surface area contributed by atoms with E-state index in [1.165, 1.54) is 12.8 Å². The smallest absolute Gasteiger partial charge is 0.283 e. The summed E-state index contributed by atoms with van der Waals surface area (Å²) in [7, 11) is 0. The molecule has 0 aromatic carbocycles. The molecule has 0 aliphatic heterocycles. The molecule has 1 saturated carbocycles. The molecule has 1 atom stereocenters. The molecular formula is C10H12Br2N2O. The van der Waals surface area contributed by atoms with Crippen LogP contribution in [-0.4, -0.2) is 9.55 Å². The SMILES string of the molecule is CC[C@H](C1CC1)n1cc(Br)nc(Br)c1=O. The van der Waals surface area contributed by atoms with Gasteiger partial charge in [-0.05, 0) is 57.0 Å². The standard InChI is InChI=1S/C10H12Br2N2O/c1-2-7(6-3-4-6)14-5-8(11)13-9(12)10(14)15/h5-7H,2-4H2,1H3/t7-/m1/s1. The molecule has 1 aromatic heterocycles. The van der Waals surface area contributed by atoms with Crippen LogP contribution in [0.15, 0.2) is 20.2 Å². The van der Waals surface area contributed by atoms with Crippen molar-refractivity contribution in [3.05, 3.63) is 25.8 Å². The van der Waals surface area contributed by atoms with Crippen LogP contribution in [-0.2, 0) is 0 Å². The highest BCUT2D eigenvalue weighted by atomic mass is 79.9. The fourth-order valence-corrected chi connectivity index (χ4v) is 2.97. The summed E-state index contributed by atoms with van der Waals surface area (Å²) in [6.07, 6.45) is 5.26. The van der Waals surface area contributed by atoms with Crippen LogP contribution in [0.5, 0.6) is 0 Å². The molecule has 5 heteroatoms. The third kappa shape index (κ3) is 2.33. The zero-order valence-corrected chi connectivity index (χ0v) is 11.6. The van der Waals surface area contributed by atoms with Gasteiger partial charge in [0.2, 0.25) is 0 Å².